The Bertz CT molecular complexity index is 981. The van der Waals surface area contributed by atoms with Crippen LogP contribution in [0.4, 0.5) is 0 Å². The van der Waals surface area contributed by atoms with Crippen LogP contribution in [0.3, 0.4) is 0 Å². The van der Waals surface area contributed by atoms with Gasteiger partial charge in [-0.25, -0.2) is 0 Å². The normalized spacial score (nSPS) is 11.3. The maximum absolute atomic E-state index is 12.3. The predicted molar refractivity (Wildman–Crippen MR) is 116 cm³/mol. The molecule has 0 saturated carbocycles. The third-order valence-electron chi connectivity index (χ3n) is 3.80. The Balaban J connectivity index is 1.61. The van der Waals surface area contributed by atoms with Gasteiger partial charge >= 0.3 is 0 Å². The summed E-state index contributed by atoms with van der Waals surface area (Å²) in [5.41, 5.74) is 0. The molecule has 1 aromatic carbocycles. The van der Waals surface area contributed by atoms with Gasteiger partial charge in [0.1, 0.15) is 18.1 Å². The lowest BCUT2D eigenvalue weighted by molar-refractivity contribution is 0.105. The molecule has 28 heavy (non-hydrogen) atoms. The number of aryl methyl sites for hydroxylation is 1. The first-order valence-electron chi connectivity index (χ1n) is 8.63. The summed E-state index contributed by atoms with van der Waals surface area (Å²) in [6, 6.07) is 10.5. The van der Waals surface area contributed by atoms with Crippen molar-refractivity contribution >= 4 is 58.0 Å². The largest absolute Gasteiger partial charge is 0.483 e. The Morgan fingerprint density at radius 2 is 1.89 bits per heavy atom. The van der Waals surface area contributed by atoms with Gasteiger partial charge in [0.05, 0.1) is 14.9 Å². The van der Waals surface area contributed by atoms with Crippen molar-refractivity contribution in [3.8, 4) is 5.75 Å². The second-order valence-corrected chi connectivity index (χ2v) is 8.42. The summed E-state index contributed by atoms with van der Waals surface area (Å²) in [6.07, 6.45) is 5.21. The second kappa shape index (κ2) is 9.66. The number of carbonyl (C=O) groups excluding carboxylic acids is 1. The number of hydrogen-bond donors (Lipinski definition) is 0. The fraction of sp³-hybridized carbons (Fsp3) is 0.190. The zero-order chi connectivity index (χ0) is 20.1. The number of allylic oxidation sites excluding steroid dienone is 1. The van der Waals surface area contributed by atoms with Crippen LogP contribution in [0.5, 0.6) is 5.75 Å². The molecule has 0 aliphatic rings. The number of hydrogen-bond acceptors (Lipinski definition) is 4. The molecule has 0 unspecified atom stereocenters. The van der Waals surface area contributed by atoms with Crippen LogP contribution < -0.4 is 4.74 Å². The van der Waals surface area contributed by atoms with Crippen LogP contribution in [-0.4, -0.2) is 5.78 Å². The van der Waals surface area contributed by atoms with Gasteiger partial charge in [0, 0.05) is 9.90 Å². The minimum absolute atomic E-state index is 0.0405. The third kappa shape index (κ3) is 5.42. The Kier molecular flexibility index (Phi) is 7.24. The van der Waals surface area contributed by atoms with E-state index in [1.54, 1.807) is 30.3 Å². The molecule has 0 saturated heterocycles. The fourth-order valence-electron chi connectivity index (χ4n) is 2.50. The van der Waals surface area contributed by atoms with Crippen molar-refractivity contribution in [3.05, 3.63) is 78.8 Å². The van der Waals surface area contributed by atoms with E-state index in [1.807, 2.05) is 12.1 Å². The van der Waals surface area contributed by atoms with Crippen LogP contribution >= 0.6 is 46.1 Å². The number of carbonyl (C=O) groups is 1. The maximum Gasteiger partial charge on any atom is 0.195 e. The number of ketones is 1. The van der Waals surface area contributed by atoms with E-state index in [9.17, 15) is 4.79 Å². The lowest BCUT2D eigenvalue weighted by Gasteiger charge is -2.08. The number of furan rings is 1. The van der Waals surface area contributed by atoms with Gasteiger partial charge in [0.25, 0.3) is 0 Å². The molecule has 2 aromatic heterocycles. The van der Waals surface area contributed by atoms with Gasteiger partial charge in [-0.1, -0.05) is 48.1 Å². The van der Waals surface area contributed by atoms with Gasteiger partial charge in [-0.3, -0.25) is 4.79 Å². The van der Waals surface area contributed by atoms with E-state index in [0.29, 0.717) is 32.3 Å². The van der Waals surface area contributed by atoms with Crippen molar-refractivity contribution in [2.75, 3.05) is 0 Å². The molecule has 0 N–H and O–H groups in total. The van der Waals surface area contributed by atoms with E-state index >= 15 is 0 Å². The SMILES string of the molecule is CCCc1ccc(C(=O)/C=C/c2ccc(COc3c(Cl)cc(Cl)cc3Cl)o2)s1. The first-order valence-corrected chi connectivity index (χ1v) is 10.6. The number of thiophene rings is 1. The second-order valence-electron chi connectivity index (χ2n) is 6.00. The van der Waals surface area contributed by atoms with E-state index in [4.69, 9.17) is 44.0 Å². The highest BCUT2D eigenvalue weighted by Crippen LogP contribution is 2.36. The standard InChI is InChI=1S/C21H17Cl3O3S/c1-2-3-16-7-9-20(28-16)19(25)8-6-14-4-5-15(27-14)12-26-21-17(23)10-13(22)11-18(21)24/h4-11H,2-3,12H2,1H3/b8-6+. The summed E-state index contributed by atoms with van der Waals surface area (Å²) in [6.45, 7) is 2.27. The Labute approximate surface area is 182 Å². The van der Waals surface area contributed by atoms with Gasteiger partial charge in [-0.05, 0) is 55.0 Å². The zero-order valence-corrected chi connectivity index (χ0v) is 18.1. The maximum atomic E-state index is 12.3. The summed E-state index contributed by atoms with van der Waals surface area (Å²) >= 11 is 19.6. The lowest BCUT2D eigenvalue weighted by atomic mass is 10.2. The van der Waals surface area contributed by atoms with Crippen LogP contribution in [0.2, 0.25) is 15.1 Å². The zero-order valence-electron chi connectivity index (χ0n) is 15.0. The quantitative estimate of drug-likeness (QED) is 0.258. The monoisotopic (exact) mass is 454 g/mol. The van der Waals surface area contributed by atoms with Crippen molar-refractivity contribution in [1.29, 1.82) is 0 Å². The molecular weight excluding hydrogens is 439 g/mol. The summed E-state index contributed by atoms with van der Waals surface area (Å²) in [5.74, 6) is 1.44. The molecule has 0 bridgehead atoms. The first-order chi connectivity index (χ1) is 13.5. The molecule has 146 valence electrons. The van der Waals surface area contributed by atoms with Crippen molar-refractivity contribution in [1.82, 2.24) is 0 Å². The number of ether oxygens (including phenoxy) is 1. The summed E-state index contributed by atoms with van der Waals surface area (Å²) < 4.78 is 11.3. The highest BCUT2D eigenvalue weighted by molar-refractivity contribution is 7.14. The Morgan fingerprint density at radius 3 is 2.61 bits per heavy atom. The smallest absolute Gasteiger partial charge is 0.195 e. The van der Waals surface area contributed by atoms with Crippen molar-refractivity contribution in [3.63, 3.8) is 0 Å². The van der Waals surface area contributed by atoms with E-state index in [1.165, 1.54) is 22.3 Å². The van der Waals surface area contributed by atoms with Crippen LogP contribution in [-0.2, 0) is 13.0 Å². The molecule has 0 atom stereocenters. The topological polar surface area (TPSA) is 39.4 Å². The molecule has 2 heterocycles. The number of rotatable bonds is 8. The van der Waals surface area contributed by atoms with E-state index < -0.39 is 0 Å². The third-order valence-corrected chi connectivity index (χ3v) is 5.74. The molecule has 0 radical (unpaired) electrons. The molecule has 3 nitrogen and oxygen atoms in total. The van der Waals surface area contributed by atoms with Crippen LogP contribution in [0, 0.1) is 0 Å². The predicted octanol–water partition coefficient (Wildman–Crippen LogP) is 7.73. The van der Waals surface area contributed by atoms with E-state index in [-0.39, 0.29) is 12.4 Å². The molecule has 7 heteroatoms. The van der Waals surface area contributed by atoms with E-state index in [2.05, 4.69) is 6.92 Å². The minimum atomic E-state index is -0.0405. The summed E-state index contributed by atoms with van der Waals surface area (Å²) in [7, 11) is 0. The summed E-state index contributed by atoms with van der Waals surface area (Å²) in [5, 5.41) is 1.09. The van der Waals surface area contributed by atoms with Crippen LogP contribution in [0.25, 0.3) is 6.08 Å². The van der Waals surface area contributed by atoms with Crippen LogP contribution in [0.1, 0.15) is 39.4 Å². The highest BCUT2D eigenvalue weighted by atomic mass is 35.5. The van der Waals surface area contributed by atoms with Gasteiger partial charge in [-0.2, -0.15) is 0 Å². The molecule has 0 fully saturated rings. The van der Waals surface area contributed by atoms with Crippen molar-refractivity contribution in [2.45, 2.75) is 26.4 Å². The van der Waals surface area contributed by atoms with Crippen LogP contribution in [0.15, 0.2) is 46.9 Å². The van der Waals surface area contributed by atoms with Gasteiger partial charge < -0.3 is 9.15 Å². The number of halogens is 3. The van der Waals surface area contributed by atoms with Crippen molar-refractivity contribution < 1.29 is 13.9 Å². The molecule has 0 spiro atoms. The fourth-order valence-corrected chi connectivity index (χ4v) is 4.46. The van der Waals surface area contributed by atoms with E-state index in [0.717, 1.165) is 17.7 Å². The highest BCUT2D eigenvalue weighted by Gasteiger charge is 2.11. The van der Waals surface area contributed by atoms with Gasteiger partial charge in [0.15, 0.2) is 11.5 Å². The lowest BCUT2D eigenvalue weighted by Crippen LogP contribution is -1.95. The van der Waals surface area contributed by atoms with Gasteiger partial charge in [0.2, 0.25) is 0 Å². The molecule has 0 aliphatic carbocycles. The minimum Gasteiger partial charge on any atom is -0.483 e. The summed E-state index contributed by atoms with van der Waals surface area (Å²) in [4.78, 5) is 14.2. The first kappa shape index (κ1) is 21.0. The number of benzene rings is 1. The molecular formula is C21H17Cl3O3S. The average Bonchev–Trinajstić information content (AvgIpc) is 3.29. The molecule has 3 aromatic rings. The van der Waals surface area contributed by atoms with Gasteiger partial charge in [-0.15, -0.1) is 11.3 Å². The Hall–Kier alpha value is -1.72. The molecule has 0 aliphatic heterocycles. The molecule has 0 amide bonds. The average molecular weight is 456 g/mol. The Morgan fingerprint density at radius 1 is 1.14 bits per heavy atom. The molecule has 3 rings (SSSR count). The van der Waals surface area contributed by atoms with Crippen molar-refractivity contribution in [2.24, 2.45) is 0 Å².